The molecule has 0 radical (unpaired) electrons. The van der Waals surface area contributed by atoms with Gasteiger partial charge in [-0.15, -0.1) is 0 Å². The first kappa shape index (κ1) is 10.4. The van der Waals surface area contributed by atoms with Gasteiger partial charge in [0.2, 0.25) is 0 Å². The molecule has 2 rings (SSSR count). The Hall–Kier alpha value is -2.10. The molecule has 2 aromatic rings. The highest BCUT2D eigenvalue weighted by atomic mass is 16.5. The Balaban J connectivity index is 2.23. The second-order valence-electron chi connectivity index (χ2n) is 3.30. The average molecular weight is 216 g/mol. The van der Waals surface area contributed by atoms with Crippen molar-refractivity contribution >= 4 is 5.91 Å². The van der Waals surface area contributed by atoms with E-state index < -0.39 is 0 Å². The summed E-state index contributed by atoms with van der Waals surface area (Å²) < 4.78 is 5.11. The van der Waals surface area contributed by atoms with E-state index in [1.807, 2.05) is 37.3 Å². The van der Waals surface area contributed by atoms with E-state index in [-0.39, 0.29) is 5.91 Å². The number of carbonyl (C=O) groups is 1. The van der Waals surface area contributed by atoms with E-state index >= 15 is 0 Å². The summed E-state index contributed by atoms with van der Waals surface area (Å²) in [6.07, 6.45) is 0. The van der Waals surface area contributed by atoms with Crippen molar-refractivity contribution in [2.24, 2.45) is 0 Å². The van der Waals surface area contributed by atoms with Crippen LogP contribution in [-0.2, 0) is 0 Å². The summed E-state index contributed by atoms with van der Waals surface area (Å²) in [5.74, 6) is 0.385. The Labute approximate surface area is 93.3 Å². The molecule has 1 aromatic heterocycles. The van der Waals surface area contributed by atoms with Gasteiger partial charge in [-0.05, 0) is 6.92 Å². The Morgan fingerprint density at radius 3 is 2.81 bits per heavy atom. The number of nitrogens with zero attached hydrogens (tertiary/aromatic N) is 1. The molecular formula is C12H12N2O2. The van der Waals surface area contributed by atoms with Gasteiger partial charge in [-0.1, -0.05) is 35.5 Å². The molecule has 1 aromatic carbocycles. The lowest BCUT2D eigenvalue weighted by atomic mass is 10.1. The normalized spacial score (nSPS) is 10.1. The first-order valence-electron chi connectivity index (χ1n) is 5.11. The quantitative estimate of drug-likeness (QED) is 0.854. The van der Waals surface area contributed by atoms with Gasteiger partial charge in [-0.25, -0.2) is 0 Å². The van der Waals surface area contributed by atoms with E-state index in [1.54, 1.807) is 6.07 Å². The van der Waals surface area contributed by atoms with E-state index in [4.69, 9.17) is 4.52 Å². The zero-order valence-electron chi connectivity index (χ0n) is 8.93. The molecule has 4 nitrogen and oxygen atoms in total. The van der Waals surface area contributed by atoms with Crippen LogP contribution in [0.3, 0.4) is 0 Å². The molecule has 1 heterocycles. The maximum atomic E-state index is 11.5. The molecule has 1 N–H and O–H groups in total. The zero-order chi connectivity index (χ0) is 11.4. The highest BCUT2D eigenvalue weighted by Crippen LogP contribution is 2.19. The number of carbonyl (C=O) groups excluding carboxylic acids is 1. The summed E-state index contributed by atoms with van der Waals surface area (Å²) in [6, 6.07) is 11.2. The number of nitrogens with one attached hydrogen (secondary N) is 1. The number of hydrogen-bond donors (Lipinski definition) is 1. The predicted octanol–water partition coefficient (Wildman–Crippen LogP) is 2.09. The highest BCUT2D eigenvalue weighted by molar-refractivity contribution is 5.92. The molecule has 0 spiro atoms. The molecule has 0 aliphatic rings. The van der Waals surface area contributed by atoms with Crippen LogP contribution in [0.25, 0.3) is 11.3 Å². The van der Waals surface area contributed by atoms with Crippen LogP contribution in [0.2, 0.25) is 0 Å². The molecule has 0 unspecified atom stereocenters. The molecule has 0 atom stereocenters. The minimum Gasteiger partial charge on any atom is -0.355 e. The van der Waals surface area contributed by atoms with Crippen molar-refractivity contribution in [1.29, 1.82) is 0 Å². The number of aromatic nitrogens is 1. The molecular weight excluding hydrogens is 204 g/mol. The fourth-order valence-corrected chi connectivity index (χ4v) is 1.37. The van der Waals surface area contributed by atoms with Gasteiger partial charge >= 0.3 is 0 Å². The zero-order valence-corrected chi connectivity index (χ0v) is 8.93. The Bertz CT molecular complexity index is 477. The first-order valence-corrected chi connectivity index (χ1v) is 5.11. The molecule has 1 amide bonds. The number of rotatable bonds is 3. The topological polar surface area (TPSA) is 55.1 Å². The first-order chi connectivity index (χ1) is 7.81. The molecule has 0 saturated carbocycles. The third-order valence-corrected chi connectivity index (χ3v) is 2.14. The van der Waals surface area contributed by atoms with E-state index in [1.165, 1.54) is 0 Å². The predicted molar refractivity (Wildman–Crippen MR) is 59.9 cm³/mol. The molecule has 0 bridgehead atoms. The van der Waals surface area contributed by atoms with Crippen molar-refractivity contribution in [2.45, 2.75) is 6.92 Å². The van der Waals surface area contributed by atoms with Crippen LogP contribution in [0.5, 0.6) is 0 Å². The van der Waals surface area contributed by atoms with Crippen LogP contribution in [0.1, 0.15) is 17.4 Å². The smallest absolute Gasteiger partial charge is 0.273 e. The van der Waals surface area contributed by atoms with Gasteiger partial charge < -0.3 is 9.84 Å². The summed E-state index contributed by atoms with van der Waals surface area (Å²) in [6.45, 7) is 2.43. The second-order valence-corrected chi connectivity index (χ2v) is 3.30. The Morgan fingerprint density at radius 1 is 1.38 bits per heavy atom. The van der Waals surface area contributed by atoms with Gasteiger partial charge in [-0.2, -0.15) is 0 Å². The molecule has 16 heavy (non-hydrogen) atoms. The van der Waals surface area contributed by atoms with Gasteiger partial charge in [0.25, 0.3) is 5.91 Å². The fourth-order valence-electron chi connectivity index (χ4n) is 1.37. The van der Waals surface area contributed by atoms with Gasteiger partial charge in [0, 0.05) is 18.2 Å². The maximum Gasteiger partial charge on any atom is 0.273 e. The van der Waals surface area contributed by atoms with E-state index in [0.717, 1.165) is 5.56 Å². The summed E-state index contributed by atoms with van der Waals surface area (Å²) in [7, 11) is 0. The van der Waals surface area contributed by atoms with Gasteiger partial charge in [0.05, 0.1) is 0 Å². The largest absolute Gasteiger partial charge is 0.355 e. The van der Waals surface area contributed by atoms with Crippen molar-refractivity contribution in [1.82, 2.24) is 10.5 Å². The van der Waals surface area contributed by atoms with Crippen LogP contribution >= 0.6 is 0 Å². The Morgan fingerprint density at radius 2 is 2.12 bits per heavy atom. The van der Waals surface area contributed by atoms with Crippen molar-refractivity contribution < 1.29 is 9.32 Å². The van der Waals surface area contributed by atoms with Crippen LogP contribution in [-0.4, -0.2) is 17.6 Å². The van der Waals surface area contributed by atoms with Crippen molar-refractivity contribution in [3.8, 4) is 11.3 Å². The van der Waals surface area contributed by atoms with E-state index in [2.05, 4.69) is 10.5 Å². The van der Waals surface area contributed by atoms with Crippen molar-refractivity contribution in [3.05, 3.63) is 42.1 Å². The lowest BCUT2D eigenvalue weighted by molar-refractivity contribution is 0.0947. The standard InChI is InChI=1S/C12H12N2O2/c1-2-13-12(15)10-8-11(16-14-10)9-6-4-3-5-7-9/h3-8H,2H2,1H3,(H,13,15). The number of hydrogen-bond acceptors (Lipinski definition) is 3. The lowest BCUT2D eigenvalue weighted by Gasteiger charge is -1.94. The van der Waals surface area contributed by atoms with Crippen molar-refractivity contribution in [2.75, 3.05) is 6.54 Å². The third kappa shape index (κ3) is 2.11. The number of benzene rings is 1. The maximum absolute atomic E-state index is 11.5. The summed E-state index contributed by atoms with van der Waals surface area (Å²) >= 11 is 0. The fraction of sp³-hybridized carbons (Fsp3) is 0.167. The van der Waals surface area contributed by atoms with Gasteiger partial charge in [0.15, 0.2) is 11.5 Å². The highest BCUT2D eigenvalue weighted by Gasteiger charge is 2.12. The van der Waals surface area contributed by atoms with Gasteiger partial charge in [-0.3, -0.25) is 4.79 Å². The molecule has 0 aliphatic heterocycles. The van der Waals surface area contributed by atoms with E-state index in [0.29, 0.717) is 18.0 Å². The van der Waals surface area contributed by atoms with Crippen LogP contribution in [0.4, 0.5) is 0 Å². The Kier molecular flexibility index (Phi) is 3.00. The lowest BCUT2D eigenvalue weighted by Crippen LogP contribution is -2.22. The van der Waals surface area contributed by atoms with Crippen molar-refractivity contribution in [3.63, 3.8) is 0 Å². The average Bonchev–Trinajstić information content (AvgIpc) is 2.80. The third-order valence-electron chi connectivity index (χ3n) is 2.14. The molecule has 82 valence electrons. The number of amides is 1. The van der Waals surface area contributed by atoms with Gasteiger partial charge in [0.1, 0.15) is 0 Å². The molecule has 0 saturated heterocycles. The SMILES string of the molecule is CCNC(=O)c1cc(-c2ccccc2)on1. The van der Waals surface area contributed by atoms with Crippen LogP contribution in [0.15, 0.2) is 40.9 Å². The molecule has 0 fully saturated rings. The van der Waals surface area contributed by atoms with E-state index in [9.17, 15) is 4.79 Å². The van der Waals surface area contributed by atoms with Crippen LogP contribution in [0, 0.1) is 0 Å². The summed E-state index contributed by atoms with van der Waals surface area (Å²) in [4.78, 5) is 11.5. The molecule has 0 aliphatic carbocycles. The minimum atomic E-state index is -0.214. The summed E-state index contributed by atoms with van der Waals surface area (Å²) in [5.41, 5.74) is 1.21. The second kappa shape index (κ2) is 4.61. The van der Waals surface area contributed by atoms with Crippen LogP contribution < -0.4 is 5.32 Å². The minimum absolute atomic E-state index is 0.214. The molecule has 4 heteroatoms. The summed E-state index contributed by atoms with van der Waals surface area (Å²) in [5, 5.41) is 6.39. The monoisotopic (exact) mass is 216 g/mol.